The summed E-state index contributed by atoms with van der Waals surface area (Å²) < 4.78 is 51.0. The molecule has 37 heavy (non-hydrogen) atoms. The number of aromatic amines is 1. The fraction of sp³-hybridized carbons (Fsp3) is 0.200. The first-order valence-electron chi connectivity index (χ1n) is 11.0. The van der Waals surface area contributed by atoms with Crippen molar-refractivity contribution in [1.82, 2.24) is 10.1 Å². The molecule has 1 amide bonds. The molecule has 3 aromatic rings. The van der Waals surface area contributed by atoms with Crippen LogP contribution < -0.4 is 15.8 Å². The number of amides is 1. The van der Waals surface area contributed by atoms with Gasteiger partial charge in [0.1, 0.15) is 5.75 Å². The number of benzene rings is 2. The van der Waals surface area contributed by atoms with Gasteiger partial charge in [-0.2, -0.15) is 0 Å². The van der Waals surface area contributed by atoms with Gasteiger partial charge in [-0.1, -0.05) is 35.5 Å². The van der Waals surface area contributed by atoms with E-state index in [2.05, 4.69) is 24.7 Å². The van der Waals surface area contributed by atoms with Gasteiger partial charge in [0.2, 0.25) is 6.10 Å². The minimum atomic E-state index is -4.79. The quantitative estimate of drug-likeness (QED) is 0.445. The van der Waals surface area contributed by atoms with Crippen molar-refractivity contribution in [3.63, 3.8) is 0 Å². The zero-order valence-corrected chi connectivity index (χ0v) is 19.2. The maximum atomic E-state index is 13.1. The number of rotatable bonds is 7. The molecule has 1 aliphatic rings. The second-order valence-electron chi connectivity index (χ2n) is 8.03. The number of esters is 1. The number of hydrogen-bond acceptors (Lipinski definition) is 7. The average molecular weight is 515 g/mol. The Bertz CT molecular complexity index is 1390. The number of H-pyrrole nitrogens is 1. The summed E-state index contributed by atoms with van der Waals surface area (Å²) in [5.41, 5.74) is 2.05. The highest BCUT2D eigenvalue weighted by Gasteiger charge is 2.31. The van der Waals surface area contributed by atoms with Gasteiger partial charge in [-0.3, -0.25) is 19.1 Å². The van der Waals surface area contributed by atoms with Crippen molar-refractivity contribution in [3.8, 4) is 17.1 Å². The van der Waals surface area contributed by atoms with Crippen LogP contribution in [0.1, 0.15) is 24.8 Å². The van der Waals surface area contributed by atoms with Crippen molar-refractivity contribution >= 4 is 17.6 Å². The number of nitrogens with zero attached hydrogens (tertiary/aromatic N) is 1. The normalized spacial score (nSPS) is 16.0. The SMILES string of the molecule is CC(=O)OC(C(=O)Nc1ccc(-c2noc(=O)[nH]2)cc1)C1=CC(c2ccc(OC(F)(F)F)cc2)CC=C1. The predicted octanol–water partition coefficient (Wildman–Crippen LogP) is 4.47. The van der Waals surface area contributed by atoms with Crippen molar-refractivity contribution in [2.75, 3.05) is 5.32 Å². The lowest BCUT2D eigenvalue weighted by Crippen LogP contribution is -2.34. The van der Waals surface area contributed by atoms with E-state index in [1.807, 2.05) is 0 Å². The molecule has 1 heterocycles. The van der Waals surface area contributed by atoms with E-state index >= 15 is 0 Å². The molecule has 0 aliphatic heterocycles. The van der Waals surface area contributed by atoms with Crippen LogP contribution in [0.15, 0.2) is 81.6 Å². The van der Waals surface area contributed by atoms with Gasteiger partial charge in [0.15, 0.2) is 5.82 Å². The highest BCUT2D eigenvalue weighted by molar-refractivity contribution is 5.98. The number of nitrogens with one attached hydrogen (secondary N) is 2. The van der Waals surface area contributed by atoms with Crippen LogP contribution in [0.4, 0.5) is 18.9 Å². The van der Waals surface area contributed by atoms with E-state index in [4.69, 9.17) is 4.74 Å². The zero-order chi connectivity index (χ0) is 26.6. The van der Waals surface area contributed by atoms with Crippen LogP contribution in [0.5, 0.6) is 5.75 Å². The number of carbonyl (C=O) groups excluding carboxylic acids is 2. The van der Waals surface area contributed by atoms with Crippen LogP contribution in [0, 0.1) is 0 Å². The Labute approximate surface area is 207 Å². The van der Waals surface area contributed by atoms with Gasteiger partial charge in [-0.25, -0.2) is 4.79 Å². The third-order valence-electron chi connectivity index (χ3n) is 5.33. The number of carbonyl (C=O) groups is 2. The second kappa shape index (κ2) is 10.6. The Kier molecular flexibility index (Phi) is 7.27. The van der Waals surface area contributed by atoms with Crippen LogP contribution in [-0.4, -0.2) is 34.5 Å². The van der Waals surface area contributed by atoms with Crippen molar-refractivity contribution in [2.24, 2.45) is 0 Å². The summed E-state index contributed by atoms with van der Waals surface area (Å²) in [5.74, 6) is -2.37. The Hall–Kier alpha value is -4.61. The van der Waals surface area contributed by atoms with Gasteiger partial charge in [0, 0.05) is 24.1 Å². The molecule has 2 aromatic carbocycles. The van der Waals surface area contributed by atoms with E-state index in [9.17, 15) is 27.6 Å². The third kappa shape index (κ3) is 6.75. The molecule has 0 fully saturated rings. The molecule has 1 aliphatic carbocycles. The zero-order valence-electron chi connectivity index (χ0n) is 19.2. The molecule has 9 nitrogen and oxygen atoms in total. The molecule has 2 unspecified atom stereocenters. The summed E-state index contributed by atoms with van der Waals surface area (Å²) in [6.45, 7) is 1.18. The number of ether oxygens (including phenoxy) is 2. The van der Waals surface area contributed by atoms with Crippen LogP contribution in [0.25, 0.3) is 11.4 Å². The molecule has 4 rings (SSSR count). The molecule has 0 saturated carbocycles. The van der Waals surface area contributed by atoms with E-state index < -0.39 is 30.1 Å². The van der Waals surface area contributed by atoms with Crippen LogP contribution >= 0.6 is 0 Å². The monoisotopic (exact) mass is 515 g/mol. The number of aromatic nitrogens is 2. The van der Waals surface area contributed by atoms with Gasteiger partial charge in [-0.15, -0.1) is 13.2 Å². The summed E-state index contributed by atoms with van der Waals surface area (Å²) >= 11 is 0. The van der Waals surface area contributed by atoms with Crippen LogP contribution in [0.2, 0.25) is 0 Å². The van der Waals surface area contributed by atoms with E-state index in [0.717, 1.165) is 0 Å². The smallest absolute Gasteiger partial charge is 0.447 e. The molecule has 0 spiro atoms. The van der Waals surface area contributed by atoms with E-state index in [0.29, 0.717) is 28.8 Å². The number of hydrogen-bond donors (Lipinski definition) is 2. The number of anilines is 1. The predicted molar refractivity (Wildman–Crippen MR) is 124 cm³/mol. The second-order valence-corrected chi connectivity index (χ2v) is 8.03. The summed E-state index contributed by atoms with van der Waals surface area (Å²) in [6.07, 6.45) is -0.343. The molecule has 0 radical (unpaired) electrons. The first kappa shape index (κ1) is 25.5. The standard InChI is InChI=1S/C25H20F3N3O6/c1-14(32)35-21(23(33)29-19-9-5-16(6-10-19)22-30-24(34)37-31-22)18-4-2-3-17(13-18)15-7-11-20(12-8-15)36-25(26,27)28/h2,4-13,17,21H,3H2,1H3,(H,29,33)(H,30,31,34). The number of halogens is 3. The summed E-state index contributed by atoms with van der Waals surface area (Å²) in [4.78, 5) is 38.4. The average Bonchev–Trinajstić information content (AvgIpc) is 3.28. The molecule has 12 heteroatoms. The summed E-state index contributed by atoms with van der Waals surface area (Å²) in [6, 6.07) is 11.8. The first-order valence-corrected chi connectivity index (χ1v) is 11.0. The van der Waals surface area contributed by atoms with Crippen molar-refractivity contribution in [1.29, 1.82) is 0 Å². The van der Waals surface area contributed by atoms with Gasteiger partial charge in [0.05, 0.1) is 0 Å². The van der Waals surface area contributed by atoms with E-state index in [1.165, 1.54) is 31.2 Å². The first-order chi connectivity index (χ1) is 17.6. The molecule has 2 atom stereocenters. The summed E-state index contributed by atoms with van der Waals surface area (Å²) in [5, 5.41) is 6.27. The minimum Gasteiger partial charge on any atom is -0.447 e. The van der Waals surface area contributed by atoms with Crippen molar-refractivity contribution in [2.45, 2.75) is 31.7 Å². The molecule has 2 N–H and O–H groups in total. The minimum absolute atomic E-state index is 0.224. The molecule has 0 saturated heterocycles. The topological polar surface area (TPSA) is 124 Å². The van der Waals surface area contributed by atoms with Crippen LogP contribution in [0.3, 0.4) is 0 Å². The lowest BCUT2D eigenvalue weighted by molar-refractivity contribution is -0.274. The largest absolute Gasteiger partial charge is 0.573 e. The highest BCUT2D eigenvalue weighted by Crippen LogP contribution is 2.32. The Morgan fingerprint density at radius 2 is 1.84 bits per heavy atom. The van der Waals surface area contributed by atoms with E-state index in [1.54, 1.807) is 42.5 Å². The number of alkyl halides is 3. The Balaban J connectivity index is 1.50. The maximum Gasteiger partial charge on any atom is 0.573 e. The molecule has 1 aromatic heterocycles. The van der Waals surface area contributed by atoms with Gasteiger partial charge in [-0.05, 0) is 54.0 Å². The fourth-order valence-electron chi connectivity index (χ4n) is 3.74. The Morgan fingerprint density at radius 3 is 2.43 bits per heavy atom. The highest BCUT2D eigenvalue weighted by atomic mass is 19.4. The lowest BCUT2D eigenvalue weighted by Gasteiger charge is -2.23. The van der Waals surface area contributed by atoms with Crippen molar-refractivity contribution in [3.05, 3.63) is 88.4 Å². The fourth-order valence-corrected chi connectivity index (χ4v) is 3.74. The van der Waals surface area contributed by atoms with Gasteiger partial charge in [0.25, 0.3) is 5.91 Å². The Morgan fingerprint density at radius 1 is 1.14 bits per heavy atom. The number of allylic oxidation sites excluding steroid dienone is 2. The molecular formula is C25H20F3N3O6. The van der Waals surface area contributed by atoms with Crippen molar-refractivity contribution < 1.29 is 36.8 Å². The van der Waals surface area contributed by atoms with Crippen LogP contribution in [-0.2, 0) is 14.3 Å². The summed E-state index contributed by atoms with van der Waals surface area (Å²) in [7, 11) is 0. The molecule has 192 valence electrons. The van der Waals surface area contributed by atoms with Gasteiger partial charge >= 0.3 is 18.1 Å². The van der Waals surface area contributed by atoms with E-state index in [-0.39, 0.29) is 17.5 Å². The lowest BCUT2D eigenvalue weighted by atomic mass is 9.88. The third-order valence-corrected chi connectivity index (χ3v) is 5.33. The maximum absolute atomic E-state index is 13.1. The van der Waals surface area contributed by atoms with Gasteiger partial charge < -0.3 is 14.8 Å². The molecule has 0 bridgehead atoms. The molecular weight excluding hydrogens is 495 g/mol.